The lowest BCUT2D eigenvalue weighted by atomic mass is 9.82. The number of furan rings is 1. The fourth-order valence-electron chi connectivity index (χ4n) is 11.2. The average Bonchev–Trinajstić information content (AvgIpc) is 3.93. The van der Waals surface area contributed by atoms with Crippen molar-refractivity contribution in [2.75, 3.05) is 0 Å². The third-order valence-corrected chi connectivity index (χ3v) is 18.6. The summed E-state index contributed by atoms with van der Waals surface area (Å²) in [7, 11) is -2.85. The largest absolute Gasteiger partial charge is 0.456 e. The summed E-state index contributed by atoms with van der Waals surface area (Å²) in [6.07, 6.45) is 1.08. The van der Waals surface area contributed by atoms with Gasteiger partial charge in [0.25, 0.3) is 0 Å². The molecule has 0 saturated heterocycles. The smallest absolute Gasteiger partial charge is 0.238 e. The highest BCUT2D eigenvalue weighted by atomic mass is 28.3. The number of nitrogens with zero attached hydrogens (tertiary/aromatic N) is 4. The van der Waals surface area contributed by atoms with E-state index in [-0.39, 0.29) is 10.8 Å². The molecule has 3 aromatic heterocycles. The second kappa shape index (κ2) is 14.3. The third kappa shape index (κ3) is 5.86. The van der Waals surface area contributed by atoms with Crippen molar-refractivity contribution in [2.24, 2.45) is 0 Å². The van der Waals surface area contributed by atoms with E-state index >= 15 is 0 Å². The van der Waals surface area contributed by atoms with E-state index in [0.29, 0.717) is 17.6 Å². The van der Waals surface area contributed by atoms with Crippen molar-refractivity contribution >= 4 is 72.6 Å². The molecule has 0 radical (unpaired) electrons. The molecule has 0 saturated carbocycles. The molecular weight excluding hydrogens is 797 g/mol. The number of rotatable bonds is 7. The van der Waals surface area contributed by atoms with Crippen LogP contribution in [0.15, 0.2) is 199 Å². The first-order valence-electron chi connectivity index (χ1n) is 22.2. The first-order chi connectivity index (χ1) is 31.2. The van der Waals surface area contributed by atoms with Gasteiger partial charge >= 0.3 is 0 Å². The summed E-state index contributed by atoms with van der Waals surface area (Å²) in [5.74, 6) is 1.77. The molecule has 6 heteroatoms. The predicted octanol–water partition coefficient (Wildman–Crippen LogP) is 11.5. The molecule has 0 unspecified atom stereocenters. The topological polar surface area (TPSA) is 56.7 Å². The standard InChI is InChI=1S/C58H46N4OSi/c1-57(2)37-58(3,4)49-36-51-47(35-48(49)57)44-27-14-16-29-50(44)62(51)56-60-54(59-55(61-56)39-31-32-46-45-28-15-17-30-52(45)63-53(46)34-39)38-19-18-26-43(33-38)64(40-20-8-5-9-21-40,41-22-10-6-11-23-41)42-24-12-7-13-25-42/h5-36H,37H2,1-4H3. The molecule has 0 fully saturated rings. The van der Waals surface area contributed by atoms with E-state index in [1.165, 1.54) is 42.6 Å². The Bertz CT molecular complexity index is 3490. The van der Waals surface area contributed by atoms with Gasteiger partial charge in [-0.3, -0.25) is 4.57 Å². The average molecular weight is 843 g/mol. The molecule has 0 N–H and O–H groups in total. The Morgan fingerprint density at radius 2 is 0.953 bits per heavy atom. The molecule has 0 aliphatic heterocycles. The van der Waals surface area contributed by atoms with Crippen LogP contribution in [0.25, 0.3) is 72.5 Å². The minimum absolute atomic E-state index is 0.0127. The quantitative estimate of drug-likeness (QED) is 0.118. The molecule has 0 spiro atoms. The third-order valence-electron chi connectivity index (χ3n) is 13.8. The van der Waals surface area contributed by atoms with Gasteiger partial charge in [-0.2, -0.15) is 9.97 Å². The summed E-state index contributed by atoms with van der Waals surface area (Å²) in [5.41, 5.74) is 8.47. The Hall–Kier alpha value is -7.41. The molecule has 1 aliphatic rings. The van der Waals surface area contributed by atoms with Gasteiger partial charge < -0.3 is 4.42 Å². The molecule has 0 bridgehead atoms. The highest BCUT2D eigenvalue weighted by Crippen LogP contribution is 2.51. The molecule has 0 atom stereocenters. The molecule has 11 aromatic rings. The monoisotopic (exact) mass is 842 g/mol. The summed E-state index contributed by atoms with van der Waals surface area (Å²) in [6, 6.07) is 70.2. The van der Waals surface area contributed by atoms with Gasteiger partial charge in [-0.05, 0) is 85.5 Å². The summed E-state index contributed by atoms with van der Waals surface area (Å²) < 4.78 is 8.70. The molecule has 12 rings (SSSR count). The van der Waals surface area contributed by atoms with Crippen molar-refractivity contribution in [3.63, 3.8) is 0 Å². The molecule has 8 aromatic carbocycles. The van der Waals surface area contributed by atoms with Crippen LogP contribution >= 0.6 is 0 Å². The van der Waals surface area contributed by atoms with E-state index in [1.807, 2.05) is 12.1 Å². The molecule has 3 heterocycles. The number of hydrogen-bond donors (Lipinski definition) is 0. The Labute approximate surface area is 373 Å². The fourth-order valence-corrected chi connectivity index (χ4v) is 16.0. The zero-order valence-electron chi connectivity index (χ0n) is 36.4. The second-order valence-corrected chi connectivity index (χ2v) is 22.5. The lowest BCUT2D eigenvalue weighted by molar-refractivity contribution is 0.403. The van der Waals surface area contributed by atoms with Gasteiger partial charge in [-0.15, -0.1) is 0 Å². The van der Waals surface area contributed by atoms with Crippen LogP contribution in [0, 0.1) is 0 Å². The van der Waals surface area contributed by atoms with Crippen LogP contribution in [0.1, 0.15) is 45.2 Å². The second-order valence-electron chi connectivity index (χ2n) is 18.7. The molecule has 0 amide bonds. The van der Waals surface area contributed by atoms with Gasteiger partial charge in [0.2, 0.25) is 5.95 Å². The minimum Gasteiger partial charge on any atom is -0.456 e. The summed E-state index contributed by atoms with van der Waals surface area (Å²) in [4.78, 5) is 16.3. The van der Waals surface area contributed by atoms with Crippen LogP contribution in [0.4, 0.5) is 0 Å². The molecule has 5 nitrogen and oxygen atoms in total. The summed E-state index contributed by atoms with van der Waals surface area (Å²) in [5, 5.41) is 9.71. The van der Waals surface area contributed by atoms with Crippen LogP contribution < -0.4 is 20.7 Å². The molecule has 308 valence electrons. The number of benzene rings is 8. The van der Waals surface area contributed by atoms with Crippen LogP contribution in [0.3, 0.4) is 0 Å². The van der Waals surface area contributed by atoms with Crippen LogP contribution in [-0.4, -0.2) is 27.6 Å². The van der Waals surface area contributed by atoms with Gasteiger partial charge in [0.05, 0.1) is 11.0 Å². The summed E-state index contributed by atoms with van der Waals surface area (Å²) in [6.45, 7) is 9.52. The predicted molar refractivity (Wildman–Crippen MR) is 267 cm³/mol. The Balaban J connectivity index is 1.14. The number of hydrogen-bond acceptors (Lipinski definition) is 4. The Kier molecular flexibility index (Phi) is 8.56. The SMILES string of the molecule is CC1(C)CC(C)(C)c2cc3c(cc21)c1ccccc1n3-c1nc(-c2cccc([Si](c3ccccc3)(c3ccccc3)c3ccccc3)c2)nc(-c2ccc3c(c2)oc2ccccc23)n1. The molecular formula is C58H46N4OSi. The van der Waals surface area contributed by atoms with E-state index in [2.05, 4.69) is 214 Å². The van der Waals surface area contributed by atoms with Crippen molar-refractivity contribution in [3.05, 3.63) is 205 Å². The Morgan fingerprint density at radius 3 is 1.61 bits per heavy atom. The van der Waals surface area contributed by atoms with Crippen molar-refractivity contribution in [3.8, 4) is 28.7 Å². The minimum atomic E-state index is -2.85. The van der Waals surface area contributed by atoms with Gasteiger partial charge in [0, 0.05) is 32.7 Å². The fraction of sp³-hybridized carbons (Fsp3) is 0.121. The molecule has 1 aliphatic carbocycles. The van der Waals surface area contributed by atoms with Crippen molar-refractivity contribution in [1.29, 1.82) is 0 Å². The number of para-hydroxylation sites is 2. The first-order valence-corrected chi connectivity index (χ1v) is 24.2. The van der Waals surface area contributed by atoms with Crippen molar-refractivity contribution in [2.45, 2.75) is 44.9 Å². The maximum atomic E-state index is 6.43. The zero-order valence-corrected chi connectivity index (χ0v) is 37.4. The van der Waals surface area contributed by atoms with E-state index in [9.17, 15) is 0 Å². The highest BCUT2D eigenvalue weighted by Gasteiger charge is 2.43. The maximum Gasteiger partial charge on any atom is 0.238 e. The van der Waals surface area contributed by atoms with Crippen LogP contribution in [0.5, 0.6) is 0 Å². The normalized spacial score (nSPS) is 14.4. The summed E-state index contributed by atoms with van der Waals surface area (Å²) >= 11 is 0. The van der Waals surface area contributed by atoms with E-state index in [4.69, 9.17) is 19.4 Å². The Morgan fingerprint density at radius 1 is 0.422 bits per heavy atom. The van der Waals surface area contributed by atoms with E-state index < -0.39 is 8.07 Å². The van der Waals surface area contributed by atoms with E-state index in [0.717, 1.165) is 50.5 Å². The van der Waals surface area contributed by atoms with Gasteiger partial charge in [-0.1, -0.05) is 185 Å². The first kappa shape index (κ1) is 38.3. The van der Waals surface area contributed by atoms with Crippen LogP contribution in [-0.2, 0) is 10.8 Å². The highest BCUT2D eigenvalue weighted by molar-refractivity contribution is 7.19. The maximum absolute atomic E-state index is 6.43. The van der Waals surface area contributed by atoms with E-state index in [1.54, 1.807) is 0 Å². The zero-order chi connectivity index (χ0) is 43.2. The number of aromatic nitrogens is 4. The van der Waals surface area contributed by atoms with Gasteiger partial charge in [0.15, 0.2) is 19.7 Å². The van der Waals surface area contributed by atoms with Crippen LogP contribution in [0.2, 0.25) is 0 Å². The van der Waals surface area contributed by atoms with Gasteiger partial charge in [-0.25, -0.2) is 4.98 Å². The van der Waals surface area contributed by atoms with Crippen molar-refractivity contribution in [1.82, 2.24) is 19.5 Å². The number of fused-ring (bicyclic) bond motifs is 7. The van der Waals surface area contributed by atoms with Gasteiger partial charge in [0.1, 0.15) is 11.2 Å². The van der Waals surface area contributed by atoms with Crippen molar-refractivity contribution < 1.29 is 4.42 Å². The molecule has 64 heavy (non-hydrogen) atoms. The lowest BCUT2D eigenvalue weighted by Gasteiger charge is -2.34. The lowest BCUT2D eigenvalue weighted by Crippen LogP contribution is -2.74.